The highest BCUT2D eigenvalue weighted by Crippen LogP contribution is 2.75. The monoisotopic (exact) mass is 256 g/mol. The number of hydrogen-bond donors (Lipinski definition) is 0. The Hall–Kier alpha value is -1.38. The lowest BCUT2D eigenvalue weighted by Crippen LogP contribution is -2.66. The van der Waals surface area contributed by atoms with Crippen molar-refractivity contribution in [2.75, 3.05) is 0 Å². The fraction of sp³-hybridized carbons (Fsp3) is 0.625. The largest absolute Gasteiger partial charge is 0.393 e. The Balaban J connectivity index is 1.75. The second kappa shape index (κ2) is 2.87. The Morgan fingerprint density at radius 1 is 0.895 bits per heavy atom. The molecule has 0 aromatic rings. The molecule has 3 nitrogen and oxygen atoms in total. The molecule has 19 heavy (non-hydrogen) atoms. The van der Waals surface area contributed by atoms with Crippen LogP contribution in [0.3, 0.4) is 0 Å². The minimum atomic E-state index is -0.275. The lowest BCUT2D eigenvalue weighted by Gasteiger charge is -2.69. The highest BCUT2D eigenvalue weighted by Gasteiger charge is 2.74. The average Bonchev–Trinajstić information content (AvgIpc) is 2.69. The van der Waals surface area contributed by atoms with Crippen molar-refractivity contribution in [3.8, 4) is 0 Å². The van der Waals surface area contributed by atoms with E-state index in [0.29, 0.717) is 0 Å². The van der Waals surface area contributed by atoms with E-state index < -0.39 is 0 Å². The molecule has 1 saturated heterocycles. The van der Waals surface area contributed by atoms with E-state index in [1.807, 2.05) is 0 Å². The van der Waals surface area contributed by atoms with Gasteiger partial charge in [0.1, 0.15) is 0 Å². The molecule has 6 rings (SSSR count). The third-order valence-electron chi connectivity index (χ3n) is 6.60. The Labute approximate surface area is 111 Å². The number of hydrogen-bond acceptors (Lipinski definition) is 3. The molecule has 3 heteroatoms. The minimum absolute atomic E-state index is 0.148. The molecule has 0 radical (unpaired) electrons. The summed E-state index contributed by atoms with van der Waals surface area (Å²) in [5, 5.41) is 0. The highest BCUT2D eigenvalue weighted by molar-refractivity contribution is 5.98. The topological polar surface area (TPSA) is 43.4 Å². The first-order valence-corrected chi connectivity index (χ1v) is 7.34. The van der Waals surface area contributed by atoms with Crippen molar-refractivity contribution >= 4 is 11.9 Å². The molecule has 1 aliphatic heterocycles. The predicted molar refractivity (Wildman–Crippen MR) is 66.7 cm³/mol. The van der Waals surface area contributed by atoms with Crippen LogP contribution >= 0.6 is 0 Å². The molecule has 6 unspecified atom stereocenters. The maximum Gasteiger partial charge on any atom is 0.318 e. The van der Waals surface area contributed by atoms with Gasteiger partial charge in [-0.25, -0.2) is 0 Å². The first kappa shape index (κ1) is 10.4. The van der Waals surface area contributed by atoms with Gasteiger partial charge in [0.05, 0.1) is 11.8 Å². The van der Waals surface area contributed by atoms with E-state index in [0.717, 1.165) is 0 Å². The van der Waals surface area contributed by atoms with E-state index in [1.165, 1.54) is 25.7 Å². The molecule has 5 aliphatic carbocycles. The first-order valence-electron chi connectivity index (χ1n) is 7.34. The molecule has 0 amide bonds. The lowest BCUT2D eigenvalue weighted by molar-refractivity contribution is -0.154. The third-order valence-corrected chi connectivity index (χ3v) is 6.60. The molecule has 98 valence electrons. The van der Waals surface area contributed by atoms with Crippen LogP contribution in [0, 0.1) is 34.5 Å². The van der Waals surface area contributed by atoms with Gasteiger partial charge in [-0.2, -0.15) is 0 Å². The van der Waals surface area contributed by atoms with Crippen LogP contribution in [-0.2, 0) is 14.3 Å². The highest BCUT2D eigenvalue weighted by atomic mass is 16.6. The second-order valence-electron chi connectivity index (χ2n) is 6.85. The molecule has 6 atom stereocenters. The maximum atomic E-state index is 12.1. The van der Waals surface area contributed by atoms with Crippen molar-refractivity contribution in [2.45, 2.75) is 25.7 Å². The first-order chi connectivity index (χ1) is 9.20. The Morgan fingerprint density at radius 2 is 1.37 bits per heavy atom. The maximum absolute atomic E-state index is 12.1. The van der Waals surface area contributed by atoms with Gasteiger partial charge in [-0.05, 0) is 12.8 Å². The van der Waals surface area contributed by atoms with Crippen LogP contribution in [0.25, 0.3) is 0 Å². The molecule has 0 spiro atoms. The van der Waals surface area contributed by atoms with Crippen LogP contribution < -0.4 is 0 Å². The number of esters is 2. The van der Waals surface area contributed by atoms with Gasteiger partial charge in [0.25, 0.3) is 0 Å². The number of carbonyl (C=O) groups excluding carboxylic acids is 2. The zero-order valence-corrected chi connectivity index (χ0v) is 10.7. The number of allylic oxidation sites excluding steroid dienone is 4. The molecule has 0 aromatic heterocycles. The zero-order valence-electron chi connectivity index (χ0n) is 10.7. The summed E-state index contributed by atoms with van der Waals surface area (Å²) in [6, 6.07) is 0. The van der Waals surface area contributed by atoms with E-state index in [-0.39, 0.29) is 46.4 Å². The van der Waals surface area contributed by atoms with Crippen molar-refractivity contribution in [3.63, 3.8) is 0 Å². The van der Waals surface area contributed by atoms with Crippen molar-refractivity contribution in [2.24, 2.45) is 34.5 Å². The molecular formula is C16H16O3. The van der Waals surface area contributed by atoms with Crippen LogP contribution in [0.4, 0.5) is 0 Å². The third kappa shape index (κ3) is 0.851. The minimum Gasteiger partial charge on any atom is -0.393 e. The van der Waals surface area contributed by atoms with Crippen LogP contribution in [0.1, 0.15) is 25.7 Å². The van der Waals surface area contributed by atoms with Crippen molar-refractivity contribution in [1.29, 1.82) is 0 Å². The number of cyclic esters (lactones) is 2. The van der Waals surface area contributed by atoms with E-state index in [1.54, 1.807) is 0 Å². The van der Waals surface area contributed by atoms with E-state index in [4.69, 9.17) is 4.74 Å². The summed E-state index contributed by atoms with van der Waals surface area (Å²) < 4.78 is 4.97. The van der Waals surface area contributed by atoms with Gasteiger partial charge in [0, 0.05) is 22.7 Å². The summed E-state index contributed by atoms with van der Waals surface area (Å²) in [6.45, 7) is 0. The van der Waals surface area contributed by atoms with Crippen molar-refractivity contribution < 1.29 is 14.3 Å². The summed E-state index contributed by atoms with van der Waals surface area (Å²) in [7, 11) is 0. The average molecular weight is 256 g/mol. The summed E-state index contributed by atoms with van der Waals surface area (Å²) >= 11 is 0. The van der Waals surface area contributed by atoms with Gasteiger partial charge in [0.15, 0.2) is 0 Å². The lowest BCUT2D eigenvalue weighted by atomic mass is 9.32. The van der Waals surface area contributed by atoms with Gasteiger partial charge in [0.2, 0.25) is 0 Å². The summed E-state index contributed by atoms with van der Waals surface area (Å²) in [6.07, 6.45) is 13.9. The molecular weight excluding hydrogens is 240 g/mol. The second-order valence-corrected chi connectivity index (χ2v) is 6.85. The number of carbonyl (C=O) groups is 2. The van der Waals surface area contributed by atoms with Gasteiger partial charge in [-0.3, -0.25) is 9.59 Å². The van der Waals surface area contributed by atoms with Gasteiger partial charge in [-0.1, -0.05) is 37.1 Å². The van der Waals surface area contributed by atoms with Crippen molar-refractivity contribution in [3.05, 3.63) is 24.3 Å². The fourth-order valence-corrected chi connectivity index (χ4v) is 5.89. The SMILES string of the molecule is O=C1OC(=O)C2C1C1C=CC2C23C=CC12CCCC3. The van der Waals surface area contributed by atoms with Gasteiger partial charge < -0.3 is 4.74 Å². The van der Waals surface area contributed by atoms with Crippen LogP contribution in [-0.4, -0.2) is 11.9 Å². The molecule has 0 N–H and O–H groups in total. The molecule has 6 aliphatic rings. The zero-order chi connectivity index (χ0) is 12.8. The predicted octanol–water partition coefficient (Wildman–Crippen LogP) is 2.23. The normalized spacial score (nSPS) is 56.2. The molecule has 2 saturated carbocycles. The van der Waals surface area contributed by atoms with E-state index >= 15 is 0 Å². The summed E-state index contributed by atoms with van der Waals surface area (Å²) in [5.41, 5.74) is 0.297. The Kier molecular flexibility index (Phi) is 1.57. The smallest absolute Gasteiger partial charge is 0.318 e. The van der Waals surface area contributed by atoms with E-state index in [9.17, 15) is 9.59 Å². The number of rotatable bonds is 0. The summed E-state index contributed by atoms with van der Waals surface area (Å²) in [4.78, 5) is 24.1. The Bertz CT molecular complexity index is 527. The van der Waals surface area contributed by atoms with Gasteiger partial charge >= 0.3 is 11.9 Å². The van der Waals surface area contributed by atoms with Crippen LogP contribution in [0.5, 0.6) is 0 Å². The standard InChI is InChI=1S/C16H16O3/c17-13-11-9-3-4-10(12(11)14(18)19-13)16-6-2-1-5-15(9,16)7-8-16/h3-4,7-12H,1-2,5-6H2. The van der Waals surface area contributed by atoms with Crippen LogP contribution in [0.2, 0.25) is 0 Å². The van der Waals surface area contributed by atoms with Crippen molar-refractivity contribution in [1.82, 2.24) is 0 Å². The fourth-order valence-electron chi connectivity index (χ4n) is 5.89. The molecule has 3 fully saturated rings. The van der Waals surface area contributed by atoms with E-state index in [2.05, 4.69) is 24.3 Å². The molecule has 0 aromatic carbocycles. The van der Waals surface area contributed by atoms with Crippen LogP contribution in [0.15, 0.2) is 24.3 Å². The summed E-state index contributed by atoms with van der Waals surface area (Å²) in [5.74, 6) is -0.595. The number of ether oxygens (including phenoxy) is 1. The Morgan fingerprint density at radius 3 is 1.79 bits per heavy atom. The molecule has 2 bridgehead atoms. The molecule has 1 heterocycles. The quantitative estimate of drug-likeness (QED) is 0.379. The van der Waals surface area contributed by atoms with Gasteiger partial charge in [-0.15, -0.1) is 0 Å².